The fourth-order valence-electron chi connectivity index (χ4n) is 13.0. The summed E-state index contributed by atoms with van der Waals surface area (Å²) in [5, 5.41) is 15.3. The lowest BCUT2D eigenvalue weighted by Gasteiger charge is -2.57. The summed E-state index contributed by atoms with van der Waals surface area (Å²) >= 11 is 0. The van der Waals surface area contributed by atoms with Gasteiger partial charge >= 0.3 is 0 Å². The Balaban J connectivity index is 0.908. The molecule has 11 atom stereocenters. The fourth-order valence-corrected chi connectivity index (χ4v) is 13.0. The molecule has 1 aliphatic heterocycles. The first-order valence-electron chi connectivity index (χ1n) is 18.9. The smallest absolute Gasteiger partial charge is 0.172 e. The van der Waals surface area contributed by atoms with Gasteiger partial charge in [0, 0.05) is 23.8 Å². The molecule has 0 bridgehead atoms. The highest BCUT2D eigenvalue weighted by Crippen LogP contribution is 2.96. The Morgan fingerprint density at radius 2 is 1.80 bits per heavy atom. The fraction of sp³-hybridized carbons (Fsp3) is 0.846. The molecular formula is C39H59NO4. The molecule has 0 radical (unpaired) electrons. The lowest BCUT2D eigenvalue weighted by atomic mass is 9.49. The van der Waals surface area contributed by atoms with E-state index in [0.717, 1.165) is 81.0 Å². The number of aliphatic hydroxyl groups is 1. The standard InChI is InChI=1S/C39H59NO4/c1-4-8-25(15-19-40-27(5-2)6-3)26-9-7-10-28(23-26)42-20-18-37-16-13-29-30(31(37)11-12-34(37)41)24-33-35-36-38(43-21-22-44-38)17-14-32(29)39(33,35)36/h7,9-10,23,25,27,29-36,40-41H,4-6,8,11-22,24H2,1-3H3/t25?,29?,30?,31?,32?,33?,34-,35?,36-,37+,39+/m0/s1. The van der Waals surface area contributed by atoms with Gasteiger partial charge in [-0.1, -0.05) is 39.3 Å². The van der Waals surface area contributed by atoms with Gasteiger partial charge in [-0.25, -0.2) is 0 Å². The molecule has 1 aromatic rings. The second-order valence-corrected chi connectivity index (χ2v) is 16.2. The molecule has 44 heavy (non-hydrogen) atoms. The Morgan fingerprint density at radius 1 is 0.955 bits per heavy atom. The average molecular weight is 606 g/mol. The van der Waals surface area contributed by atoms with Crippen LogP contribution >= 0.6 is 0 Å². The lowest BCUT2D eigenvalue weighted by Crippen LogP contribution is -2.54. The zero-order chi connectivity index (χ0) is 30.1. The van der Waals surface area contributed by atoms with Crippen molar-refractivity contribution in [3.63, 3.8) is 0 Å². The Kier molecular flexibility index (Phi) is 7.92. The van der Waals surface area contributed by atoms with Gasteiger partial charge in [0.15, 0.2) is 5.79 Å². The van der Waals surface area contributed by atoms with Gasteiger partial charge in [0.05, 0.1) is 25.9 Å². The van der Waals surface area contributed by atoms with E-state index in [4.69, 9.17) is 14.2 Å². The maximum atomic E-state index is 11.6. The van der Waals surface area contributed by atoms with Crippen LogP contribution in [-0.4, -0.2) is 49.4 Å². The van der Waals surface area contributed by atoms with E-state index in [-0.39, 0.29) is 17.3 Å². The molecule has 2 spiro atoms. The number of benzene rings is 1. The normalized spacial score (nSPS) is 42.8. The molecule has 8 rings (SSSR count). The number of ether oxygens (including phenoxy) is 3. The second-order valence-electron chi connectivity index (χ2n) is 16.2. The summed E-state index contributed by atoms with van der Waals surface area (Å²) in [5.74, 6) is 7.10. The van der Waals surface area contributed by atoms with Gasteiger partial charge in [0.25, 0.3) is 0 Å². The summed E-state index contributed by atoms with van der Waals surface area (Å²) in [5.41, 5.74) is 2.06. The summed E-state index contributed by atoms with van der Waals surface area (Å²) in [6, 6.07) is 9.60. The van der Waals surface area contributed by atoms with Crippen molar-refractivity contribution in [1.29, 1.82) is 0 Å². The van der Waals surface area contributed by atoms with E-state index in [1.54, 1.807) is 0 Å². The van der Waals surface area contributed by atoms with E-state index in [9.17, 15) is 5.11 Å². The number of fused-ring (bicyclic) bond motifs is 7. The Hall–Kier alpha value is -1.14. The van der Waals surface area contributed by atoms with Crippen LogP contribution in [0.1, 0.15) is 116 Å². The van der Waals surface area contributed by atoms with Gasteiger partial charge in [-0.05, 0) is 142 Å². The van der Waals surface area contributed by atoms with E-state index in [2.05, 4.69) is 50.4 Å². The predicted molar refractivity (Wildman–Crippen MR) is 173 cm³/mol. The minimum atomic E-state index is -0.207. The van der Waals surface area contributed by atoms with Crippen molar-refractivity contribution in [1.82, 2.24) is 5.32 Å². The Labute approximate surface area is 266 Å². The molecule has 1 heterocycles. The first-order valence-corrected chi connectivity index (χ1v) is 18.9. The average Bonchev–Trinajstić information content (AvgIpc) is 3.78. The van der Waals surface area contributed by atoms with Crippen molar-refractivity contribution in [2.24, 2.45) is 52.3 Å². The van der Waals surface area contributed by atoms with Gasteiger partial charge in [-0.2, -0.15) is 0 Å². The molecule has 1 aromatic carbocycles. The van der Waals surface area contributed by atoms with Crippen LogP contribution in [0.15, 0.2) is 24.3 Å². The van der Waals surface area contributed by atoms with Gasteiger partial charge in [0.2, 0.25) is 0 Å². The molecule has 6 saturated carbocycles. The third-order valence-corrected chi connectivity index (χ3v) is 14.9. The van der Waals surface area contributed by atoms with E-state index in [0.29, 0.717) is 29.2 Å². The largest absolute Gasteiger partial charge is 0.494 e. The number of hydrogen-bond donors (Lipinski definition) is 2. The molecule has 7 fully saturated rings. The van der Waals surface area contributed by atoms with Crippen LogP contribution in [0, 0.1) is 52.3 Å². The quantitative estimate of drug-likeness (QED) is 0.241. The Bertz CT molecular complexity index is 1180. The van der Waals surface area contributed by atoms with Crippen LogP contribution in [-0.2, 0) is 9.47 Å². The molecule has 5 heteroatoms. The van der Waals surface area contributed by atoms with Crippen LogP contribution in [0.3, 0.4) is 0 Å². The topological polar surface area (TPSA) is 60.0 Å². The second kappa shape index (κ2) is 11.5. The minimum absolute atomic E-state index is 0.0564. The first-order chi connectivity index (χ1) is 21.5. The van der Waals surface area contributed by atoms with E-state index < -0.39 is 0 Å². The molecule has 5 nitrogen and oxygen atoms in total. The zero-order valence-corrected chi connectivity index (χ0v) is 27.8. The highest BCUT2D eigenvalue weighted by molar-refractivity contribution is 5.40. The molecule has 1 saturated heterocycles. The maximum absolute atomic E-state index is 11.6. The van der Waals surface area contributed by atoms with Crippen LogP contribution in [0.25, 0.3) is 0 Å². The number of aliphatic hydroxyl groups excluding tert-OH is 1. The Morgan fingerprint density at radius 3 is 2.59 bits per heavy atom. The van der Waals surface area contributed by atoms with Crippen LogP contribution in [0.5, 0.6) is 5.75 Å². The van der Waals surface area contributed by atoms with Crippen molar-refractivity contribution in [3.8, 4) is 5.75 Å². The predicted octanol–water partition coefficient (Wildman–Crippen LogP) is 7.71. The molecular weight excluding hydrogens is 546 g/mol. The molecule has 6 aliphatic carbocycles. The molecule has 0 amide bonds. The van der Waals surface area contributed by atoms with E-state index in [1.807, 2.05) is 0 Å². The molecule has 0 aromatic heterocycles. The highest BCUT2D eigenvalue weighted by Gasteiger charge is 2.95. The first kappa shape index (κ1) is 30.2. The summed E-state index contributed by atoms with van der Waals surface area (Å²) in [4.78, 5) is 0. The van der Waals surface area contributed by atoms with Crippen molar-refractivity contribution >= 4 is 0 Å². The van der Waals surface area contributed by atoms with E-state index in [1.165, 1.54) is 69.8 Å². The van der Waals surface area contributed by atoms with Crippen molar-refractivity contribution in [3.05, 3.63) is 29.8 Å². The molecule has 7 unspecified atom stereocenters. The van der Waals surface area contributed by atoms with Crippen LogP contribution < -0.4 is 10.1 Å². The molecule has 2 N–H and O–H groups in total. The minimum Gasteiger partial charge on any atom is -0.494 e. The van der Waals surface area contributed by atoms with Gasteiger partial charge < -0.3 is 24.6 Å². The zero-order valence-electron chi connectivity index (χ0n) is 27.8. The number of hydrogen-bond acceptors (Lipinski definition) is 5. The summed E-state index contributed by atoms with van der Waals surface area (Å²) < 4.78 is 19.2. The number of rotatable bonds is 13. The van der Waals surface area contributed by atoms with Crippen molar-refractivity contribution in [2.45, 2.75) is 128 Å². The van der Waals surface area contributed by atoms with Crippen LogP contribution in [0.4, 0.5) is 0 Å². The monoisotopic (exact) mass is 605 g/mol. The van der Waals surface area contributed by atoms with Gasteiger partial charge in [0.1, 0.15) is 5.75 Å². The third-order valence-electron chi connectivity index (χ3n) is 14.9. The van der Waals surface area contributed by atoms with Gasteiger partial charge in [-0.15, -0.1) is 0 Å². The van der Waals surface area contributed by atoms with Crippen LogP contribution in [0.2, 0.25) is 0 Å². The molecule has 244 valence electrons. The van der Waals surface area contributed by atoms with Crippen molar-refractivity contribution < 1.29 is 19.3 Å². The summed E-state index contributed by atoms with van der Waals surface area (Å²) in [6.45, 7) is 10.3. The lowest BCUT2D eigenvalue weighted by molar-refractivity contribution is -0.230. The SMILES string of the molecule is CCCC(CCNC(CC)CC)c1cccc(OCC[C@]23CCC4C(CC5C6[C@H]7C8(CCC4[C@@]567)OCCO8)C2CC[C@@H]3O)c1. The highest BCUT2D eigenvalue weighted by atomic mass is 16.7. The molecule has 7 aliphatic rings. The van der Waals surface area contributed by atoms with Crippen molar-refractivity contribution in [2.75, 3.05) is 26.4 Å². The summed E-state index contributed by atoms with van der Waals surface area (Å²) in [6.07, 6.45) is 15.4. The third kappa shape index (κ3) is 4.44. The van der Waals surface area contributed by atoms with E-state index >= 15 is 0 Å². The number of nitrogens with one attached hydrogen (secondary N) is 1. The summed E-state index contributed by atoms with van der Waals surface area (Å²) in [7, 11) is 0. The van der Waals surface area contributed by atoms with Gasteiger partial charge in [-0.3, -0.25) is 0 Å². The maximum Gasteiger partial charge on any atom is 0.172 e.